The highest BCUT2D eigenvalue weighted by atomic mass is 35.5. The van der Waals surface area contributed by atoms with E-state index in [2.05, 4.69) is 51.4 Å². The van der Waals surface area contributed by atoms with Gasteiger partial charge in [-0.1, -0.05) is 17.7 Å². The predicted octanol–water partition coefficient (Wildman–Crippen LogP) is 5.58. The molecule has 3 aliphatic rings. The van der Waals surface area contributed by atoms with Crippen LogP contribution in [0.15, 0.2) is 24.4 Å². The van der Waals surface area contributed by atoms with Crippen molar-refractivity contribution in [1.29, 1.82) is 0 Å². The molecule has 2 saturated heterocycles. The molecule has 4 aromatic rings. The number of carbonyl (C=O) groups is 1. The molecular formula is C32H37ClF3N7O4. The molecule has 2 aromatic carbocycles. The number of nitrogens with zero attached hydrogens (tertiary/aromatic N) is 5. The van der Waals surface area contributed by atoms with Gasteiger partial charge in [0, 0.05) is 61.2 Å². The molecule has 47 heavy (non-hydrogen) atoms. The van der Waals surface area contributed by atoms with E-state index in [1.807, 2.05) is 12.3 Å². The summed E-state index contributed by atoms with van der Waals surface area (Å²) in [6.45, 7) is 7.62. The number of aromatic amines is 1. The molecule has 3 N–H and O–H groups in total. The van der Waals surface area contributed by atoms with Crippen LogP contribution < -0.4 is 19.7 Å². The largest absolute Gasteiger partial charge is 0.490 e. The lowest BCUT2D eigenvalue weighted by molar-refractivity contribution is -0.192. The van der Waals surface area contributed by atoms with Gasteiger partial charge in [-0.25, -0.2) is 4.79 Å². The van der Waals surface area contributed by atoms with Crippen LogP contribution in [-0.2, 0) is 4.79 Å². The van der Waals surface area contributed by atoms with Crippen molar-refractivity contribution >= 4 is 45.2 Å². The Morgan fingerprint density at radius 2 is 1.68 bits per heavy atom. The van der Waals surface area contributed by atoms with Crippen LogP contribution in [0.1, 0.15) is 37.7 Å². The highest BCUT2D eigenvalue weighted by Gasteiger charge is 2.38. The number of rotatable bonds is 6. The Kier molecular flexibility index (Phi) is 9.62. The number of benzene rings is 2. The van der Waals surface area contributed by atoms with Crippen LogP contribution in [0.25, 0.3) is 32.9 Å². The van der Waals surface area contributed by atoms with E-state index in [0.717, 1.165) is 115 Å². The number of aryl methyl sites for hydroxylation is 1. The average molecular weight is 676 g/mol. The summed E-state index contributed by atoms with van der Waals surface area (Å²) < 4.78 is 45.1. The molecular weight excluding hydrogens is 639 g/mol. The lowest BCUT2D eigenvalue weighted by Crippen LogP contribution is -2.44. The molecule has 0 bridgehead atoms. The minimum Gasteiger partial charge on any atom is -0.487 e. The maximum atomic E-state index is 10.6. The Balaban J connectivity index is 0.000000499. The van der Waals surface area contributed by atoms with E-state index in [1.165, 1.54) is 6.42 Å². The zero-order valence-electron chi connectivity index (χ0n) is 26.2. The third-order valence-electron chi connectivity index (χ3n) is 8.87. The highest BCUT2D eigenvalue weighted by molar-refractivity contribution is 6.35. The summed E-state index contributed by atoms with van der Waals surface area (Å²) in [6, 6.07) is 6.60. The molecule has 3 fully saturated rings. The molecule has 4 heterocycles. The lowest BCUT2D eigenvalue weighted by Gasteiger charge is -2.32. The Bertz CT molecular complexity index is 1750. The number of halogens is 4. The summed E-state index contributed by atoms with van der Waals surface area (Å²) in [7, 11) is 2.16. The Morgan fingerprint density at radius 1 is 1.00 bits per heavy atom. The molecule has 2 aromatic heterocycles. The van der Waals surface area contributed by atoms with Gasteiger partial charge in [-0.15, -0.1) is 0 Å². The highest BCUT2D eigenvalue weighted by Crippen LogP contribution is 2.48. The molecule has 0 atom stereocenters. The first-order valence-corrected chi connectivity index (χ1v) is 16.1. The summed E-state index contributed by atoms with van der Waals surface area (Å²) >= 11 is 7.21. The van der Waals surface area contributed by atoms with E-state index in [0.29, 0.717) is 11.0 Å². The minimum atomic E-state index is -5.08. The van der Waals surface area contributed by atoms with Crippen molar-refractivity contribution < 1.29 is 32.5 Å². The number of anilines is 1. The van der Waals surface area contributed by atoms with E-state index >= 15 is 0 Å². The Morgan fingerprint density at radius 3 is 2.32 bits per heavy atom. The standard InChI is InChI=1S/C30H36ClN7O2.C2HF3O2/c1-18-6-7-24-22(17-33-36-24)25(18)26-23(31)16-21-27(28(26)39-19-4-3-5-19)34-30(40-20-8-12-37(2)13-9-20)35-29(21)38-14-10-32-11-15-38;3-2(4,5)1(6)7/h6-7,16-17,19-20,32H,3-5,8-15H2,1-2H3,(H,33,36);(H,6,7). The minimum absolute atomic E-state index is 0.0919. The van der Waals surface area contributed by atoms with Crippen LogP contribution in [0.4, 0.5) is 19.0 Å². The molecule has 0 unspecified atom stereocenters. The monoisotopic (exact) mass is 675 g/mol. The second-order valence-corrected chi connectivity index (χ2v) is 12.6. The molecule has 2 aliphatic heterocycles. The van der Waals surface area contributed by atoms with Gasteiger partial charge in [-0.05, 0) is 63.8 Å². The molecule has 11 nitrogen and oxygen atoms in total. The maximum Gasteiger partial charge on any atom is 0.490 e. The topological polar surface area (TPSA) is 129 Å². The zero-order valence-corrected chi connectivity index (χ0v) is 26.9. The second-order valence-electron chi connectivity index (χ2n) is 12.2. The van der Waals surface area contributed by atoms with Crippen molar-refractivity contribution in [2.24, 2.45) is 0 Å². The molecule has 0 radical (unpaired) electrons. The number of piperazine rings is 1. The number of likely N-dealkylation sites (tertiary alicyclic amines) is 1. The van der Waals surface area contributed by atoms with Crippen LogP contribution >= 0.6 is 11.6 Å². The van der Waals surface area contributed by atoms with Crippen molar-refractivity contribution in [2.45, 2.75) is 57.4 Å². The maximum absolute atomic E-state index is 10.6. The number of piperidine rings is 1. The van der Waals surface area contributed by atoms with Gasteiger partial charge in [0.2, 0.25) is 0 Å². The number of aromatic nitrogens is 4. The summed E-state index contributed by atoms with van der Waals surface area (Å²) in [5, 5.41) is 20.6. The number of alkyl halides is 3. The van der Waals surface area contributed by atoms with Crippen molar-refractivity contribution in [3.63, 3.8) is 0 Å². The van der Waals surface area contributed by atoms with Gasteiger partial charge in [-0.2, -0.15) is 28.2 Å². The van der Waals surface area contributed by atoms with E-state index in [4.69, 9.17) is 40.9 Å². The number of hydrogen-bond donors (Lipinski definition) is 3. The van der Waals surface area contributed by atoms with Gasteiger partial charge in [0.15, 0.2) is 5.75 Å². The van der Waals surface area contributed by atoms with Gasteiger partial charge < -0.3 is 29.7 Å². The summed E-state index contributed by atoms with van der Waals surface area (Å²) in [6.07, 6.45) is 2.15. The average Bonchev–Trinajstić information content (AvgIpc) is 3.50. The van der Waals surface area contributed by atoms with Crippen molar-refractivity contribution in [3.8, 4) is 22.9 Å². The smallest absolute Gasteiger partial charge is 0.487 e. The van der Waals surface area contributed by atoms with E-state index in [1.54, 1.807) is 0 Å². The first kappa shape index (κ1) is 33.0. The lowest BCUT2D eigenvalue weighted by atomic mass is 9.93. The van der Waals surface area contributed by atoms with Crippen LogP contribution in [0.3, 0.4) is 0 Å². The second kappa shape index (κ2) is 13.7. The third kappa shape index (κ3) is 7.19. The van der Waals surface area contributed by atoms with Crippen LogP contribution in [-0.4, -0.2) is 101 Å². The number of carboxylic acid groups (broad SMARTS) is 1. The summed E-state index contributed by atoms with van der Waals surface area (Å²) in [5.41, 5.74) is 4.71. The molecule has 0 spiro atoms. The van der Waals surface area contributed by atoms with Crippen LogP contribution in [0, 0.1) is 6.92 Å². The van der Waals surface area contributed by atoms with Crippen molar-refractivity contribution in [2.75, 3.05) is 51.2 Å². The number of aliphatic carboxylic acids is 1. The number of ether oxygens (including phenoxy) is 2. The fraction of sp³-hybridized carbons (Fsp3) is 0.500. The quantitative estimate of drug-likeness (QED) is 0.238. The van der Waals surface area contributed by atoms with E-state index in [9.17, 15) is 13.2 Å². The molecule has 252 valence electrons. The van der Waals surface area contributed by atoms with Crippen LogP contribution in [0.2, 0.25) is 5.02 Å². The van der Waals surface area contributed by atoms with Crippen LogP contribution in [0.5, 0.6) is 11.8 Å². The van der Waals surface area contributed by atoms with Gasteiger partial charge in [0.05, 0.1) is 22.8 Å². The van der Waals surface area contributed by atoms with E-state index < -0.39 is 12.1 Å². The van der Waals surface area contributed by atoms with E-state index in [-0.39, 0.29) is 12.2 Å². The number of fused-ring (bicyclic) bond motifs is 2. The molecule has 1 aliphatic carbocycles. The van der Waals surface area contributed by atoms with Crippen molar-refractivity contribution in [3.05, 3.63) is 35.0 Å². The summed E-state index contributed by atoms with van der Waals surface area (Å²) in [4.78, 5) is 23.6. The van der Waals surface area contributed by atoms with Gasteiger partial charge in [0.25, 0.3) is 0 Å². The number of H-pyrrole nitrogens is 1. The van der Waals surface area contributed by atoms with Gasteiger partial charge >= 0.3 is 18.2 Å². The molecule has 0 amide bonds. The fourth-order valence-electron chi connectivity index (χ4n) is 6.05. The third-order valence-corrected chi connectivity index (χ3v) is 9.17. The fourth-order valence-corrected chi connectivity index (χ4v) is 6.34. The van der Waals surface area contributed by atoms with Gasteiger partial charge in [0.1, 0.15) is 17.4 Å². The number of hydrogen-bond acceptors (Lipinski definition) is 9. The summed E-state index contributed by atoms with van der Waals surface area (Å²) in [5.74, 6) is -1.18. The van der Waals surface area contributed by atoms with Crippen molar-refractivity contribution in [1.82, 2.24) is 30.4 Å². The number of nitrogens with one attached hydrogen (secondary N) is 2. The number of carboxylic acids is 1. The predicted molar refractivity (Wildman–Crippen MR) is 173 cm³/mol. The molecule has 15 heteroatoms. The zero-order chi connectivity index (χ0) is 33.3. The molecule has 1 saturated carbocycles. The first-order chi connectivity index (χ1) is 22.5. The normalized spacial score (nSPS) is 18.1. The molecule has 7 rings (SSSR count). The first-order valence-electron chi connectivity index (χ1n) is 15.7. The Labute approximate surface area is 274 Å². The SMILES string of the molecule is Cc1ccc2[nH]ncc2c1-c1c(Cl)cc2c(N3CCNCC3)nc(OC3CCN(C)CC3)nc2c1OC1CCC1.O=C(O)C(F)(F)F. The van der Waals surface area contributed by atoms with Gasteiger partial charge in [-0.3, -0.25) is 5.10 Å². The Hall–Kier alpha value is -3.88.